The molecule has 2 aromatic rings. The molecule has 2 heterocycles. The molecular formula is C12H13N3S. The first-order valence-electron chi connectivity index (χ1n) is 5.29. The van der Waals surface area contributed by atoms with Crippen LogP contribution in [0.4, 0.5) is 10.7 Å². The van der Waals surface area contributed by atoms with E-state index >= 15 is 0 Å². The average molecular weight is 231 g/mol. The van der Waals surface area contributed by atoms with Gasteiger partial charge in [0, 0.05) is 24.8 Å². The number of fused-ring (bicyclic) bond motifs is 1. The van der Waals surface area contributed by atoms with E-state index in [2.05, 4.69) is 35.1 Å². The molecule has 3 nitrogen and oxygen atoms in total. The maximum Gasteiger partial charge on any atom is 0.114 e. The molecule has 4 heteroatoms. The van der Waals surface area contributed by atoms with Crippen LogP contribution in [0.3, 0.4) is 0 Å². The van der Waals surface area contributed by atoms with Crippen molar-refractivity contribution in [2.45, 2.75) is 6.42 Å². The summed E-state index contributed by atoms with van der Waals surface area (Å²) in [6, 6.07) is 6.48. The van der Waals surface area contributed by atoms with Crippen LogP contribution in [0.15, 0.2) is 23.7 Å². The molecule has 0 saturated heterocycles. The van der Waals surface area contributed by atoms with E-state index in [9.17, 15) is 0 Å². The second-order valence-corrected chi connectivity index (χ2v) is 4.97. The minimum Gasteiger partial charge on any atom is -0.389 e. The van der Waals surface area contributed by atoms with Crippen molar-refractivity contribution in [1.29, 1.82) is 0 Å². The van der Waals surface area contributed by atoms with Gasteiger partial charge in [-0.05, 0) is 24.1 Å². The van der Waals surface area contributed by atoms with Crippen LogP contribution in [0.2, 0.25) is 0 Å². The quantitative estimate of drug-likeness (QED) is 0.819. The smallest absolute Gasteiger partial charge is 0.114 e. The molecule has 0 spiro atoms. The number of nitrogens with two attached hydrogens (primary N) is 1. The molecular weight excluding hydrogens is 218 g/mol. The summed E-state index contributed by atoms with van der Waals surface area (Å²) in [5.74, 6) is 0. The van der Waals surface area contributed by atoms with E-state index in [0.717, 1.165) is 29.2 Å². The minimum absolute atomic E-state index is 0.798. The molecule has 0 atom stereocenters. The van der Waals surface area contributed by atoms with Crippen molar-refractivity contribution < 1.29 is 0 Å². The van der Waals surface area contributed by atoms with E-state index < -0.39 is 0 Å². The lowest BCUT2D eigenvalue weighted by molar-refractivity contribution is 0.956. The summed E-state index contributed by atoms with van der Waals surface area (Å²) in [6.45, 7) is 1.10. The van der Waals surface area contributed by atoms with Crippen LogP contribution in [0.1, 0.15) is 5.56 Å². The fourth-order valence-electron chi connectivity index (χ4n) is 2.19. The van der Waals surface area contributed by atoms with Crippen LogP contribution in [-0.4, -0.2) is 18.6 Å². The van der Waals surface area contributed by atoms with Crippen LogP contribution in [0, 0.1) is 0 Å². The summed E-state index contributed by atoms with van der Waals surface area (Å²) in [5.41, 5.74) is 12.5. The predicted molar refractivity (Wildman–Crippen MR) is 68.9 cm³/mol. The normalized spacial score (nSPS) is 14.2. The van der Waals surface area contributed by atoms with E-state index in [-0.39, 0.29) is 0 Å². The summed E-state index contributed by atoms with van der Waals surface area (Å²) in [6.07, 6.45) is 1.11. The zero-order valence-corrected chi connectivity index (χ0v) is 9.92. The summed E-state index contributed by atoms with van der Waals surface area (Å²) in [5, 5.41) is 0.798. The fourth-order valence-corrected chi connectivity index (χ4v) is 2.74. The Hall–Kier alpha value is -1.55. The summed E-state index contributed by atoms with van der Waals surface area (Å²) >= 11 is 1.49. The van der Waals surface area contributed by atoms with Crippen molar-refractivity contribution in [2.24, 2.45) is 0 Å². The molecule has 3 rings (SSSR count). The number of anilines is 2. The molecule has 0 unspecified atom stereocenters. The Labute approximate surface area is 98.5 Å². The highest BCUT2D eigenvalue weighted by molar-refractivity contribution is 7.14. The summed E-state index contributed by atoms with van der Waals surface area (Å²) in [7, 11) is 2.13. The second kappa shape index (κ2) is 3.49. The molecule has 0 amide bonds. The third kappa shape index (κ3) is 1.38. The van der Waals surface area contributed by atoms with Gasteiger partial charge in [0.2, 0.25) is 0 Å². The number of thiazole rings is 1. The Morgan fingerprint density at radius 2 is 2.31 bits per heavy atom. The first kappa shape index (κ1) is 9.66. The molecule has 0 aliphatic carbocycles. The van der Waals surface area contributed by atoms with Crippen molar-refractivity contribution in [3.63, 3.8) is 0 Å². The molecule has 2 N–H and O–H groups in total. The topological polar surface area (TPSA) is 42.2 Å². The fraction of sp³-hybridized carbons (Fsp3) is 0.250. The zero-order chi connectivity index (χ0) is 11.1. The highest BCUT2D eigenvalue weighted by atomic mass is 32.1. The molecule has 1 aromatic heterocycles. The van der Waals surface area contributed by atoms with Gasteiger partial charge in [-0.25, -0.2) is 4.98 Å². The van der Waals surface area contributed by atoms with Gasteiger partial charge in [0.15, 0.2) is 0 Å². The molecule has 1 aromatic carbocycles. The highest BCUT2D eigenvalue weighted by Crippen LogP contribution is 2.33. The number of aromatic nitrogens is 1. The number of nitrogens with zero attached hydrogens (tertiary/aromatic N) is 2. The van der Waals surface area contributed by atoms with Crippen molar-refractivity contribution in [2.75, 3.05) is 24.2 Å². The molecule has 1 aliphatic heterocycles. The van der Waals surface area contributed by atoms with E-state index in [1.54, 1.807) is 5.51 Å². The Morgan fingerprint density at radius 1 is 1.44 bits per heavy atom. The standard InChI is InChI=1S/C12H13N3S/c1-15-5-4-8-6-9(2-3-10(8)15)11-12(13)16-7-14-11/h2-3,6-7H,4-5,13H2,1H3. The maximum absolute atomic E-state index is 5.89. The zero-order valence-electron chi connectivity index (χ0n) is 9.10. The van der Waals surface area contributed by atoms with Crippen molar-refractivity contribution in [3.8, 4) is 11.3 Å². The first-order valence-corrected chi connectivity index (χ1v) is 6.17. The summed E-state index contributed by atoms with van der Waals surface area (Å²) in [4.78, 5) is 6.59. The van der Waals surface area contributed by atoms with E-state index in [1.807, 2.05) is 0 Å². The number of likely N-dealkylation sites (N-methyl/N-ethyl adjacent to an activating group) is 1. The van der Waals surface area contributed by atoms with Gasteiger partial charge in [0.05, 0.1) is 5.51 Å². The molecule has 0 bridgehead atoms. The Bertz CT molecular complexity index is 533. The third-order valence-electron chi connectivity index (χ3n) is 3.08. The van der Waals surface area contributed by atoms with E-state index in [4.69, 9.17) is 5.73 Å². The molecule has 16 heavy (non-hydrogen) atoms. The lowest BCUT2D eigenvalue weighted by Gasteiger charge is -2.11. The molecule has 0 radical (unpaired) electrons. The maximum atomic E-state index is 5.89. The minimum atomic E-state index is 0.798. The molecule has 1 aliphatic rings. The summed E-state index contributed by atoms with van der Waals surface area (Å²) < 4.78 is 0. The Morgan fingerprint density at radius 3 is 3.06 bits per heavy atom. The van der Waals surface area contributed by atoms with E-state index in [0.29, 0.717) is 0 Å². The van der Waals surface area contributed by atoms with Gasteiger partial charge < -0.3 is 10.6 Å². The lowest BCUT2D eigenvalue weighted by Crippen LogP contribution is -2.12. The number of rotatable bonds is 1. The van der Waals surface area contributed by atoms with E-state index in [1.165, 1.54) is 22.6 Å². The average Bonchev–Trinajstić information content (AvgIpc) is 2.86. The second-order valence-electron chi connectivity index (χ2n) is 4.08. The Kier molecular flexibility index (Phi) is 2.11. The van der Waals surface area contributed by atoms with Crippen molar-refractivity contribution >= 4 is 22.0 Å². The lowest BCUT2D eigenvalue weighted by atomic mass is 10.1. The Balaban J connectivity index is 2.09. The van der Waals surface area contributed by atoms with Crippen molar-refractivity contribution in [3.05, 3.63) is 29.3 Å². The number of hydrogen-bond acceptors (Lipinski definition) is 4. The van der Waals surface area contributed by atoms with Crippen LogP contribution in [0.25, 0.3) is 11.3 Å². The third-order valence-corrected chi connectivity index (χ3v) is 3.73. The van der Waals surface area contributed by atoms with Gasteiger partial charge in [0.25, 0.3) is 0 Å². The van der Waals surface area contributed by atoms with Gasteiger partial charge in [0.1, 0.15) is 10.7 Å². The van der Waals surface area contributed by atoms with Gasteiger partial charge in [-0.3, -0.25) is 0 Å². The largest absolute Gasteiger partial charge is 0.389 e. The van der Waals surface area contributed by atoms with Crippen LogP contribution < -0.4 is 10.6 Å². The predicted octanol–water partition coefficient (Wildman–Crippen LogP) is 2.38. The first-order chi connectivity index (χ1) is 7.75. The SMILES string of the molecule is CN1CCc2cc(-c3ncsc3N)ccc21. The molecule has 0 fully saturated rings. The number of hydrogen-bond donors (Lipinski definition) is 1. The van der Waals surface area contributed by atoms with Crippen LogP contribution in [-0.2, 0) is 6.42 Å². The molecule has 82 valence electrons. The van der Waals surface area contributed by atoms with Crippen molar-refractivity contribution in [1.82, 2.24) is 4.98 Å². The van der Waals surface area contributed by atoms with Gasteiger partial charge in [-0.1, -0.05) is 6.07 Å². The van der Waals surface area contributed by atoms with Crippen LogP contribution in [0.5, 0.6) is 0 Å². The monoisotopic (exact) mass is 231 g/mol. The number of nitrogen functional groups attached to an aromatic ring is 1. The molecule has 0 saturated carbocycles. The van der Waals surface area contributed by atoms with Gasteiger partial charge in [-0.2, -0.15) is 0 Å². The van der Waals surface area contributed by atoms with Crippen LogP contribution >= 0.6 is 11.3 Å². The highest BCUT2D eigenvalue weighted by Gasteiger charge is 2.17. The number of benzene rings is 1. The van der Waals surface area contributed by atoms with Gasteiger partial charge >= 0.3 is 0 Å². The van der Waals surface area contributed by atoms with Gasteiger partial charge in [-0.15, -0.1) is 11.3 Å².